The summed E-state index contributed by atoms with van der Waals surface area (Å²) in [6.45, 7) is 2.20. The van der Waals surface area contributed by atoms with Crippen LogP contribution in [0.2, 0.25) is 0 Å². The van der Waals surface area contributed by atoms with Crippen LogP contribution in [-0.4, -0.2) is 16.7 Å². The van der Waals surface area contributed by atoms with Crippen molar-refractivity contribution < 1.29 is 9.15 Å². The average Bonchev–Trinajstić information content (AvgIpc) is 2.82. The molecule has 5 rings (SSSR count). The highest BCUT2D eigenvalue weighted by atomic mass is 79.9. The number of hydrogen-bond donors (Lipinski definition) is 0. The molecule has 0 saturated carbocycles. The molecular weight excluding hydrogens is 484 g/mol. The maximum Gasteiger partial charge on any atom is 0.269 e. The minimum Gasteiger partial charge on any atom is -0.497 e. The number of hydrogen-bond acceptors (Lipinski definition) is 5. The zero-order valence-electron chi connectivity index (χ0n) is 18.0. The second-order valence-electron chi connectivity index (χ2n) is 7.74. The van der Waals surface area contributed by atoms with Gasteiger partial charge in [-0.15, -0.1) is 0 Å². The number of aromatic nitrogens is 2. The van der Waals surface area contributed by atoms with Crippen LogP contribution in [0, 0.1) is 6.92 Å². The highest BCUT2D eigenvalue weighted by Gasteiger charge is 2.20. The van der Waals surface area contributed by atoms with E-state index in [1.807, 2.05) is 55.5 Å². The van der Waals surface area contributed by atoms with Gasteiger partial charge in [0.1, 0.15) is 17.2 Å². The van der Waals surface area contributed by atoms with Crippen molar-refractivity contribution in [3.05, 3.63) is 103 Å². The first-order valence-electron chi connectivity index (χ1n) is 10.3. The van der Waals surface area contributed by atoms with Crippen LogP contribution in [0.3, 0.4) is 0 Å². The molecule has 3 aromatic carbocycles. The van der Waals surface area contributed by atoms with E-state index in [-0.39, 0.29) is 17.6 Å². The number of rotatable bonds is 4. The Balaban J connectivity index is 1.84. The van der Waals surface area contributed by atoms with E-state index in [2.05, 4.69) is 15.9 Å². The Bertz CT molecular complexity index is 1640. The molecule has 0 fully saturated rings. The van der Waals surface area contributed by atoms with Gasteiger partial charge in [0.2, 0.25) is 11.1 Å². The van der Waals surface area contributed by atoms with Gasteiger partial charge in [-0.1, -0.05) is 52.3 Å². The van der Waals surface area contributed by atoms with Gasteiger partial charge in [0, 0.05) is 10.0 Å². The molecule has 2 heterocycles. The summed E-state index contributed by atoms with van der Waals surface area (Å²) in [6, 6.07) is 20.3. The molecule has 33 heavy (non-hydrogen) atoms. The van der Waals surface area contributed by atoms with Crippen LogP contribution in [0.4, 0.5) is 0 Å². The van der Waals surface area contributed by atoms with Crippen LogP contribution in [0.1, 0.15) is 11.1 Å². The summed E-state index contributed by atoms with van der Waals surface area (Å²) in [5.74, 6) is 1.17. The second kappa shape index (κ2) is 8.33. The molecule has 0 N–H and O–H groups in total. The third-order valence-corrected chi connectivity index (χ3v) is 6.13. The number of nitrogens with zero attached hydrogens (tertiary/aromatic N) is 2. The van der Waals surface area contributed by atoms with Crippen molar-refractivity contribution >= 4 is 38.0 Å². The molecule has 0 atom stereocenters. The second-order valence-corrected chi connectivity index (χ2v) is 8.66. The van der Waals surface area contributed by atoms with E-state index in [4.69, 9.17) is 14.1 Å². The lowest BCUT2D eigenvalue weighted by Crippen LogP contribution is -2.28. The average molecular weight is 503 g/mol. The fourth-order valence-electron chi connectivity index (χ4n) is 3.90. The van der Waals surface area contributed by atoms with Crippen LogP contribution in [0.5, 0.6) is 5.75 Å². The molecule has 0 amide bonds. The Morgan fingerprint density at radius 3 is 2.52 bits per heavy atom. The molecule has 0 aliphatic carbocycles. The van der Waals surface area contributed by atoms with Crippen LogP contribution in [0.25, 0.3) is 33.5 Å². The van der Waals surface area contributed by atoms with Gasteiger partial charge in [0.15, 0.2) is 5.39 Å². The molecule has 5 aromatic rings. The molecule has 164 valence electrons. The monoisotopic (exact) mass is 502 g/mol. The van der Waals surface area contributed by atoms with Crippen molar-refractivity contribution in [2.45, 2.75) is 13.5 Å². The number of halogens is 1. The molecule has 0 saturated heterocycles. The zero-order valence-corrected chi connectivity index (χ0v) is 19.5. The molecule has 0 aliphatic rings. The first-order chi connectivity index (χ1) is 16.0. The standard InChI is InChI=1S/C26H19BrN2O4/c1-15-5-3-4-6-19(15)24-28-25-22(23(30)20-13-17(27)9-12-21(20)33-25)26(31)29(24)14-16-7-10-18(32-2)11-8-16/h3-13H,14H2,1-2H3. The maximum atomic E-state index is 13.7. The van der Waals surface area contributed by atoms with Gasteiger partial charge in [-0.05, 0) is 48.4 Å². The largest absolute Gasteiger partial charge is 0.497 e. The molecule has 0 bridgehead atoms. The number of fused-ring (bicyclic) bond motifs is 2. The lowest BCUT2D eigenvalue weighted by Gasteiger charge is -2.15. The Labute approximate surface area is 197 Å². The topological polar surface area (TPSA) is 74.3 Å². The van der Waals surface area contributed by atoms with Gasteiger partial charge in [0.25, 0.3) is 5.56 Å². The van der Waals surface area contributed by atoms with Crippen LogP contribution < -0.4 is 15.7 Å². The molecular formula is C26H19BrN2O4. The van der Waals surface area contributed by atoms with E-state index in [0.29, 0.717) is 16.8 Å². The van der Waals surface area contributed by atoms with Gasteiger partial charge in [0.05, 0.1) is 19.0 Å². The summed E-state index contributed by atoms with van der Waals surface area (Å²) in [7, 11) is 1.60. The smallest absolute Gasteiger partial charge is 0.269 e. The summed E-state index contributed by atoms with van der Waals surface area (Å²) in [5, 5.41) is 0.266. The fourth-order valence-corrected chi connectivity index (χ4v) is 4.26. The Morgan fingerprint density at radius 2 is 1.79 bits per heavy atom. The minimum atomic E-state index is -0.440. The van der Waals surface area contributed by atoms with E-state index in [1.54, 1.807) is 25.3 Å². The van der Waals surface area contributed by atoms with Gasteiger partial charge in [-0.3, -0.25) is 14.2 Å². The van der Waals surface area contributed by atoms with Crippen LogP contribution in [-0.2, 0) is 6.54 Å². The van der Waals surface area contributed by atoms with Gasteiger partial charge in [-0.25, -0.2) is 0 Å². The summed E-state index contributed by atoms with van der Waals surface area (Å²) >= 11 is 3.38. The molecule has 6 nitrogen and oxygen atoms in total. The summed E-state index contributed by atoms with van der Waals surface area (Å²) in [5.41, 5.74) is 2.20. The highest BCUT2D eigenvalue weighted by Crippen LogP contribution is 2.25. The molecule has 7 heteroatoms. The highest BCUT2D eigenvalue weighted by molar-refractivity contribution is 9.10. The van der Waals surface area contributed by atoms with E-state index in [0.717, 1.165) is 26.9 Å². The minimum absolute atomic E-state index is 0.0315. The SMILES string of the molecule is COc1ccc(Cn2c(-c3ccccc3C)nc3oc4ccc(Br)cc4c(=O)c3c2=O)cc1. The number of benzene rings is 3. The summed E-state index contributed by atoms with van der Waals surface area (Å²) < 4.78 is 13.4. The van der Waals surface area contributed by atoms with Crippen molar-refractivity contribution in [1.82, 2.24) is 9.55 Å². The molecule has 0 unspecified atom stereocenters. The van der Waals surface area contributed by atoms with E-state index < -0.39 is 11.0 Å². The number of methoxy groups -OCH3 is 1. The predicted octanol–water partition coefficient (Wildman–Crippen LogP) is 5.30. The summed E-state index contributed by atoms with van der Waals surface area (Å²) in [4.78, 5) is 31.7. The lowest BCUT2D eigenvalue weighted by atomic mass is 10.1. The van der Waals surface area contributed by atoms with E-state index >= 15 is 0 Å². The summed E-state index contributed by atoms with van der Waals surface area (Å²) in [6.07, 6.45) is 0. The number of ether oxygens (including phenoxy) is 1. The first kappa shape index (κ1) is 21.2. The van der Waals surface area contributed by atoms with Crippen molar-refractivity contribution in [3.8, 4) is 17.1 Å². The Kier molecular flexibility index (Phi) is 5.34. The van der Waals surface area contributed by atoms with Gasteiger partial charge < -0.3 is 9.15 Å². The van der Waals surface area contributed by atoms with E-state index in [1.165, 1.54) is 4.57 Å². The molecule has 0 radical (unpaired) electrons. The molecule has 0 aliphatic heterocycles. The van der Waals surface area contributed by atoms with Crippen molar-refractivity contribution in [3.63, 3.8) is 0 Å². The van der Waals surface area contributed by atoms with Crippen LogP contribution in [0.15, 0.2) is 85.2 Å². The first-order valence-corrected chi connectivity index (χ1v) is 11.1. The van der Waals surface area contributed by atoms with E-state index in [9.17, 15) is 9.59 Å². The maximum absolute atomic E-state index is 13.7. The number of aryl methyl sites for hydroxylation is 1. The van der Waals surface area contributed by atoms with Gasteiger partial charge in [-0.2, -0.15) is 4.98 Å². The Hall–Kier alpha value is -3.71. The normalized spacial score (nSPS) is 11.2. The predicted molar refractivity (Wildman–Crippen MR) is 132 cm³/mol. The third kappa shape index (κ3) is 3.74. The van der Waals surface area contributed by atoms with Crippen molar-refractivity contribution in [2.24, 2.45) is 0 Å². The third-order valence-electron chi connectivity index (χ3n) is 5.64. The zero-order chi connectivity index (χ0) is 23.1. The lowest BCUT2D eigenvalue weighted by molar-refractivity contribution is 0.414. The van der Waals surface area contributed by atoms with Gasteiger partial charge >= 0.3 is 0 Å². The molecule has 0 spiro atoms. The van der Waals surface area contributed by atoms with Crippen molar-refractivity contribution in [2.75, 3.05) is 7.11 Å². The Morgan fingerprint density at radius 1 is 1.03 bits per heavy atom. The van der Waals surface area contributed by atoms with Crippen LogP contribution >= 0.6 is 15.9 Å². The molecule has 2 aromatic heterocycles. The quantitative estimate of drug-likeness (QED) is 0.312. The fraction of sp³-hybridized carbons (Fsp3) is 0.115. The van der Waals surface area contributed by atoms with Crippen molar-refractivity contribution in [1.29, 1.82) is 0 Å².